The van der Waals surface area contributed by atoms with Gasteiger partial charge in [-0.05, 0) is 49.2 Å². The average molecular weight is 598 g/mol. The number of piperazine rings is 1. The summed E-state index contributed by atoms with van der Waals surface area (Å²) >= 11 is 0. The number of fused-ring (bicyclic) bond motifs is 1. The van der Waals surface area contributed by atoms with Gasteiger partial charge in [0, 0.05) is 67.5 Å². The third-order valence-electron chi connectivity index (χ3n) is 8.32. The van der Waals surface area contributed by atoms with Crippen molar-refractivity contribution in [1.82, 2.24) is 19.7 Å². The van der Waals surface area contributed by atoms with E-state index in [1.165, 1.54) is 0 Å². The van der Waals surface area contributed by atoms with E-state index in [9.17, 15) is 18.0 Å². The third kappa shape index (κ3) is 6.55. The molecule has 2 aliphatic rings. The van der Waals surface area contributed by atoms with Crippen molar-refractivity contribution in [3.63, 3.8) is 0 Å². The van der Waals surface area contributed by atoms with Gasteiger partial charge in [-0.1, -0.05) is 48.5 Å². The molecule has 43 heavy (non-hydrogen) atoms. The van der Waals surface area contributed by atoms with Gasteiger partial charge in [0.05, 0.1) is 23.0 Å². The largest absolute Gasteiger partial charge is 0.339 e. The van der Waals surface area contributed by atoms with Crippen molar-refractivity contribution in [3.8, 4) is 11.3 Å². The summed E-state index contributed by atoms with van der Waals surface area (Å²) in [4.78, 5) is 37.9. The van der Waals surface area contributed by atoms with Crippen LogP contribution in [0.3, 0.4) is 0 Å². The molecule has 0 spiro atoms. The van der Waals surface area contributed by atoms with E-state index in [-0.39, 0.29) is 11.8 Å². The number of carbonyl (C=O) groups is 2. The number of pyridine rings is 1. The first-order chi connectivity index (χ1) is 20.7. The molecular formula is C33H35N5O4S. The molecule has 0 saturated carbocycles. The number of likely N-dealkylation sites (tertiary alicyclic amines) is 1. The maximum Gasteiger partial charge on any atom is 0.254 e. The van der Waals surface area contributed by atoms with Crippen LogP contribution in [0.5, 0.6) is 0 Å². The molecule has 0 bridgehead atoms. The molecule has 2 fully saturated rings. The van der Waals surface area contributed by atoms with E-state index in [1.807, 2.05) is 70.5 Å². The minimum atomic E-state index is -3.38. The number of amides is 2. The van der Waals surface area contributed by atoms with Crippen molar-refractivity contribution in [2.75, 3.05) is 50.2 Å². The summed E-state index contributed by atoms with van der Waals surface area (Å²) in [6, 6.07) is 26.3. The van der Waals surface area contributed by atoms with Crippen LogP contribution in [0.2, 0.25) is 0 Å². The predicted molar refractivity (Wildman–Crippen MR) is 168 cm³/mol. The molecular weight excluding hydrogens is 562 g/mol. The Morgan fingerprint density at radius 2 is 1.40 bits per heavy atom. The molecule has 2 aliphatic heterocycles. The van der Waals surface area contributed by atoms with Gasteiger partial charge in [-0.15, -0.1) is 0 Å². The molecule has 3 aromatic carbocycles. The first-order valence-corrected chi connectivity index (χ1v) is 16.5. The normalized spacial score (nSPS) is 16.8. The van der Waals surface area contributed by atoms with Crippen LogP contribution in [0, 0.1) is 0 Å². The molecule has 0 aliphatic carbocycles. The number of para-hydroxylation sites is 1. The number of aromatic nitrogens is 1. The number of nitrogens with zero attached hydrogens (tertiary/aromatic N) is 4. The van der Waals surface area contributed by atoms with E-state index in [0.29, 0.717) is 36.1 Å². The number of nitrogens with one attached hydrogen (secondary N) is 1. The van der Waals surface area contributed by atoms with Gasteiger partial charge in [0.15, 0.2) is 0 Å². The molecule has 3 heterocycles. The smallest absolute Gasteiger partial charge is 0.254 e. The Labute approximate surface area is 252 Å². The predicted octanol–water partition coefficient (Wildman–Crippen LogP) is 4.34. The van der Waals surface area contributed by atoms with Gasteiger partial charge in [0.25, 0.3) is 11.8 Å². The molecule has 6 rings (SSSR count). The number of sulfonamides is 1. The van der Waals surface area contributed by atoms with Gasteiger partial charge < -0.3 is 9.80 Å². The van der Waals surface area contributed by atoms with Crippen molar-refractivity contribution < 1.29 is 18.0 Å². The van der Waals surface area contributed by atoms with E-state index >= 15 is 0 Å². The SMILES string of the molecule is CS(=O)(=O)Nc1ccc(-c2cc(C(=O)N3CCN(C4CCN(C(=O)c5ccccc5)CC4)CC3)c3ccccc3n2)cc1. The van der Waals surface area contributed by atoms with Crippen molar-refractivity contribution in [1.29, 1.82) is 0 Å². The first kappa shape index (κ1) is 28.8. The second kappa shape index (κ2) is 12.1. The van der Waals surface area contributed by atoms with Crippen LogP contribution in [0.25, 0.3) is 22.2 Å². The average Bonchev–Trinajstić information content (AvgIpc) is 3.04. The molecule has 2 saturated heterocycles. The molecule has 1 N–H and O–H groups in total. The molecule has 0 radical (unpaired) electrons. The Morgan fingerprint density at radius 1 is 0.767 bits per heavy atom. The van der Waals surface area contributed by atoms with Crippen molar-refractivity contribution in [3.05, 3.63) is 96.1 Å². The number of carbonyl (C=O) groups excluding carboxylic acids is 2. The van der Waals surface area contributed by atoms with Gasteiger partial charge in [0.1, 0.15) is 0 Å². The fourth-order valence-electron chi connectivity index (χ4n) is 6.08. The Morgan fingerprint density at radius 3 is 2.07 bits per heavy atom. The Bertz CT molecular complexity index is 1730. The standard InChI is InChI=1S/C33H35N5O4S/c1-43(41,42)35-26-13-11-24(12-14-26)31-23-29(28-9-5-6-10-30(28)34-31)33(40)38-21-19-36(20-22-38)27-15-17-37(18-16-27)32(39)25-7-3-2-4-8-25/h2-14,23,27,35H,15-22H2,1H3. The van der Waals surface area contributed by atoms with Crippen LogP contribution in [-0.2, 0) is 10.0 Å². The summed E-state index contributed by atoms with van der Waals surface area (Å²) in [5.74, 6) is 0.0815. The molecule has 4 aromatic rings. The Kier molecular flexibility index (Phi) is 8.14. The van der Waals surface area contributed by atoms with E-state index in [2.05, 4.69) is 9.62 Å². The van der Waals surface area contributed by atoms with Crippen molar-refractivity contribution in [2.24, 2.45) is 0 Å². The molecule has 0 atom stereocenters. The lowest BCUT2D eigenvalue weighted by Gasteiger charge is -2.42. The quantitative estimate of drug-likeness (QED) is 0.355. The van der Waals surface area contributed by atoms with Crippen molar-refractivity contribution >= 4 is 38.4 Å². The number of anilines is 1. The van der Waals surface area contributed by atoms with Crippen LogP contribution in [0.15, 0.2) is 84.9 Å². The number of rotatable bonds is 6. The Balaban J connectivity index is 1.12. The summed E-state index contributed by atoms with van der Waals surface area (Å²) < 4.78 is 25.6. The van der Waals surface area contributed by atoms with Crippen LogP contribution < -0.4 is 4.72 Å². The molecule has 222 valence electrons. The fourth-order valence-corrected chi connectivity index (χ4v) is 6.65. The van der Waals surface area contributed by atoms with E-state index in [4.69, 9.17) is 4.98 Å². The summed E-state index contributed by atoms with van der Waals surface area (Å²) in [7, 11) is -3.38. The lowest BCUT2D eigenvalue weighted by Crippen LogP contribution is -2.54. The van der Waals surface area contributed by atoms with Crippen LogP contribution in [-0.4, -0.2) is 91.5 Å². The number of hydrogen-bond acceptors (Lipinski definition) is 6. The second-order valence-electron chi connectivity index (χ2n) is 11.2. The highest BCUT2D eigenvalue weighted by Crippen LogP contribution is 2.28. The number of benzene rings is 3. The number of piperidine rings is 1. The summed E-state index contributed by atoms with van der Waals surface area (Å²) in [6.07, 6.45) is 2.98. The highest BCUT2D eigenvalue weighted by molar-refractivity contribution is 7.92. The van der Waals surface area contributed by atoms with Crippen LogP contribution in [0.1, 0.15) is 33.6 Å². The summed E-state index contributed by atoms with van der Waals surface area (Å²) in [5.41, 5.74) is 4.00. The summed E-state index contributed by atoms with van der Waals surface area (Å²) in [5, 5.41) is 0.810. The second-order valence-corrected chi connectivity index (χ2v) is 13.0. The van der Waals surface area contributed by atoms with Gasteiger partial charge >= 0.3 is 0 Å². The Hall–Kier alpha value is -4.28. The van der Waals surface area contributed by atoms with Gasteiger partial charge in [-0.2, -0.15) is 0 Å². The van der Waals surface area contributed by atoms with Crippen molar-refractivity contribution in [2.45, 2.75) is 18.9 Å². The molecule has 0 unspecified atom stereocenters. The van der Waals surface area contributed by atoms with Gasteiger partial charge in [-0.3, -0.25) is 19.2 Å². The maximum absolute atomic E-state index is 13.9. The zero-order chi connectivity index (χ0) is 30.0. The summed E-state index contributed by atoms with van der Waals surface area (Å²) in [6.45, 7) is 4.37. The lowest BCUT2D eigenvalue weighted by molar-refractivity contribution is 0.0413. The molecule has 1 aromatic heterocycles. The molecule has 10 heteroatoms. The zero-order valence-corrected chi connectivity index (χ0v) is 25.0. The van der Waals surface area contributed by atoms with E-state index in [1.54, 1.807) is 24.3 Å². The molecule has 9 nitrogen and oxygen atoms in total. The monoisotopic (exact) mass is 597 g/mol. The van der Waals surface area contributed by atoms with Gasteiger partial charge in [0.2, 0.25) is 10.0 Å². The first-order valence-electron chi connectivity index (χ1n) is 14.6. The van der Waals surface area contributed by atoms with E-state index in [0.717, 1.165) is 67.3 Å². The number of hydrogen-bond donors (Lipinski definition) is 1. The minimum Gasteiger partial charge on any atom is -0.339 e. The van der Waals surface area contributed by atoms with Crippen LogP contribution in [0.4, 0.5) is 5.69 Å². The minimum absolute atomic E-state index is 0.0156. The third-order valence-corrected chi connectivity index (χ3v) is 8.93. The lowest BCUT2D eigenvalue weighted by atomic mass is 10.0. The van der Waals surface area contributed by atoms with E-state index < -0.39 is 10.0 Å². The highest BCUT2D eigenvalue weighted by Gasteiger charge is 2.31. The van der Waals surface area contributed by atoms with Gasteiger partial charge in [-0.25, -0.2) is 13.4 Å². The molecule has 2 amide bonds. The zero-order valence-electron chi connectivity index (χ0n) is 24.1. The fraction of sp³-hybridized carbons (Fsp3) is 0.303. The maximum atomic E-state index is 13.9. The highest BCUT2D eigenvalue weighted by atomic mass is 32.2. The van der Waals surface area contributed by atoms with Crippen LogP contribution >= 0.6 is 0 Å². The topological polar surface area (TPSA) is 103 Å².